The molecule has 3 fully saturated rings. The maximum Gasteiger partial charge on any atom is 0.293 e. The Labute approximate surface area is 211 Å². The fourth-order valence-electron chi connectivity index (χ4n) is 4.87. The summed E-state index contributed by atoms with van der Waals surface area (Å²) in [5, 5.41) is 6.85. The van der Waals surface area contributed by atoms with Crippen LogP contribution in [0.2, 0.25) is 0 Å². The van der Waals surface area contributed by atoms with Gasteiger partial charge in [-0.05, 0) is 43.2 Å². The average Bonchev–Trinajstić information content (AvgIpc) is 3.25. The van der Waals surface area contributed by atoms with Crippen LogP contribution < -0.4 is 10.2 Å². The summed E-state index contributed by atoms with van der Waals surface area (Å²) in [5.41, 5.74) is 4.31. The van der Waals surface area contributed by atoms with Gasteiger partial charge in [0.2, 0.25) is 23.4 Å². The molecule has 37 heavy (non-hydrogen) atoms. The van der Waals surface area contributed by atoms with E-state index in [1.807, 2.05) is 37.3 Å². The third-order valence-corrected chi connectivity index (χ3v) is 7.27. The molecule has 2 aromatic heterocycles. The van der Waals surface area contributed by atoms with Crippen LogP contribution in [-0.2, 0) is 4.74 Å². The van der Waals surface area contributed by atoms with E-state index in [2.05, 4.69) is 31.4 Å². The number of anilines is 2. The molecule has 3 aliphatic rings. The maximum absolute atomic E-state index is 13.3. The zero-order chi connectivity index (χ0) is 25.1. The first kappa shape index (κ1) is 22.2. The van der Waals surface area contributed by atoms with Crippen LogP contribution in [0, 0.1) is 12.3 Å². The molecule has 1 aliphatic carbocycles. The summed E-state index contributed by atoms with van der Waals surface area (Å²) < 4.78 is 29.7. The largest absolute Gasteiger partial charge is 0.431 e. The SMILES string of the molecule is Cc1ccc(-c2noc([C@H]3C[C@@H]3F)n2)cc1NC(=O)c1cnc(-c2cccc(N3CC4(COC4)C3)c2)o1. The molecule has 1 N–H and O–H groups in total. The summed E-state index contributed by atoms with van der Waals surface area (Å²) in [7, 11) is 0. The van der Waals surface area contributed by atoms with Crippen molar-refractivity contribution in [3.8, 4) is 22.8 Å². The number of rotatable bonds is 6. The lowest BCUT2D eigenvalue weighted by atomic mass is 9.77. The molecule has 2 aliphatic heterocycles. The lowest BCUT2D eigenvalue weighted by molar-refractivity contribution is -0.127. The minimum absolute atomic E-state index is 0.101. The van der Waals surface area contributed by atoms with E-state index in [0.717, 1.165) is 43.1 Å². The molecule has 4 aromatic rings. The van der Waals surface area contributed by atoms with Crippen molar-refractivity contribution in [3.63, 3.8) is 0 Å². The van der Waals surface area contributed by atoms with Crippen molar-refractivity contribution in [1.82, 2.24) is 15.1 Å². The monoisotopic (exact) mass is 501 g/mol. The zero-order valence-electron chi connectivity index (χ0n) is 20.1. The first-order valence-corrected chi connectivity index (χ1v) is 12.3. The summed E-state index contributed by atoms with van der Waals surface area (Å²) in [6.07, 6.45) is 0.921. The van der Waals surface area contributed by atoms with Crippen LogP contribution in [0.1, 0.15) is 34.3 Å². The highest BCUT2D eigenvalue weighted by Gasteiger charge is 2.49. The standard InChI is InChI=1S/C27H24FN5O4/c1-15-5-6-16(23-31-26(37-32-23)19-9-20(19)28)8-21(15)30-24(34)22-10-29-25(36-22)17-3-2-4-18(7-17)33-11-27(12-33)13-35-14-27/h2-8,10,19-20H,9,11-14H2,1H3,(H,30,34)/t19-,20-/m0/s1. The van der Waals surface area contributed by atoms with E-state index in [1.165, 1.54) is 6.20 Å². The van der Waals surface area contributed by atoms with Gasteiger partial charge in [-0.3, -0.25) is 4.79 Å². The molecule has 1 amide bonds. The number of oxazole rings is 1. The van der Waals surface area contributed by atoms with Crippen LogP contribution in [0.4, 0.5) is 15.8 Å². The summed E-state index contributed by atoms with van der Waals surface area (Å²) in [6.45, 7) is 5.51. The van der Waals surface area contributed by atoms with Gasteiger partial charge in [0.15, 0.2) is 0 Å². The fourth-order valence-corrected chi connectivity index (χ4v) is 4.87. The number of carbonyl (C=O) groups is 1. The molecule has 0 bridgehead atoms. The molecular formula is C27H24FN5O4. The van der Waals surface area contributed by atoms with Gasteiger partial charge in [-0.15, -0.1) is 0 Å². The van der Waals surface area contributed by atoms with Crippen molar-refractivity contribution in [2.24, 2.45) is 5.41 Å². The number of carbonyl (C=O) groups excluding carboxylic acids is 1. The van der Waals surface area contributed by atoms with Crippen LogP contribution in [-0.4, -0.2) is 53.5 Å². The molecule has 188 valence electrons. The molecular weight excluding hydrogens is 477 g/mol. The highest BCUT2D eigenvalue weighted by molar-refractivity contribution is 6.03. The molecule has 1 spiro atoms. The zero-order valence-corrected chi connectivity index (χ0v) is 20.1. The van der Waals surface area contributed by atoms with E-state index in [-0.39, 0.29) is 11.7 Å². The van der Waals surface area contributed by atoms with E-state index in [0.29, 0.717) is 40.7 Å². The number of nitrogens with zero attached hydrogens (tertiary/aromatic N) is 4. The van der Waals surface area contributed by atoms with Crippen molar-refractivity contribution in [2.75, 3.05) is 36.5 Å². The van der Waals surface area contributed by atoms with Gasteiger partial charge in [0.05, 0.1) is 30.7 Å². The van der Waals surface area contributed by atoms with Crippen LogP contribution in [0.25, 0.3) is 22.8 Å². The third-order valence-electron chi connectivity index (χ3n) is 7.27. The fraction of sp³-hybridized carbons (Fsp3) is 0.333. The molecule has 2 saturated heterocycles. The number of alkyl halides is 1. The Morgan fingerprint density at radius 2 is 2.00 bits per heavy atom. The summed E-state index contributed by atoms with van der Waals surface area (Å²) in [4.78, 5) is 23.9. The number of nitrogens with one attached hydrogen (secondary N) is 1. The average molecular weight is 502 g/mol. The van der Waals surface area contributed by atoms with E-state index in [9.17, 15) is 9.18 Å². The molecule has 2 atom stereocenters. The number of aryl methyl sites for hydroxylation is 1. The summed E-state index contributed by atoms with van der Waals surface area (Å²) in [6, 6.07) is 13.4. The minimum atomic E-state index is -0.916. The van der Waals surface area contributed by atoms with Gasteiger partial charge in [0.1, 0.15) is 6.17 Å². The molecule has 2 aromatic carbocycles. The molecule has 4 heterocycles. The van der Waals surface area contributed by atoms with Gasteiger partial charge >= 0.3 is 0 Å². The highest BCUT2D eigenvalue weighted by atomic mass is 19.1. The van der Waals surface area contributed by atoms with E-state index < -0.39 is 12.1 Å². The van der Waals surface area contributed by atoms with E-state index >= 15 is 0 Å². The van der Waals surface area contributed by atoms with Crippen LogP contribution in [0.5, 0.6) is 0 Å². The van der Waals surface area contributed by atoms with Gasteiger partial charge in [-0.2, -0.15) is 4.98 Å². The topological polar surface area (TPSA) is 107 Å². The van der Waals surface area contributed by atoms with Crippen molar-refractivity contribution in [1.29, 1.82) is 0 Å². The number of ether oxygens (including phenoxy) is 1. The minimum Gasteiger partial charge on any atom is -0.431 e. The van der Waals surface area contributed by atoms with Gasteiger partial charge in [0.25, 0.3) is 5.91 Å². The van der Waals surface area contributed by atoms with Crippen LogP contribution >= 0.6 is 0 Å². The second-order valence-corrected chi connectivity index (χ2v) is 10.2. The summed E-state index contributed by atoms with van der Waals surface area (Å²) >= 11 is 0. The smallest absolute Gasteiger partial charge is 0.293 e. The van der Waals surface area contributed by atoms with Crippen molar-refractivity contribution in [3.05, 3.63) is 65.9 Å². The second kappa shape index (κ2) is 8.24. The molecule has 7 rings (SSSR count). The third kappa shape index (κ3) is 3.97. The molecule has 0 radical (unpaired) electrons. The van der Waals surface area contributed by atoms with Crippen molar-refractivity contribution >= 4 is 17.3 Å². The lowest BCUT2D eigenvalue weighted by Gasteiger charge is -2.56. The van der Waals surface area contributed by atoms with Crippen LogP contribution in [0.15, 0.2) is 57.6 Å². The lowest BCUT2D eigenvalue weighted by Crippen LogP contribution is -2.66. The van der Waals surface area contributed by atoms with E-state index in [4.69, 9.17) is 13.7 Å². The Balaban J connectivity index is 1.06. The maximum atomic E-state index is 13.3. The number of aromatic nitrogens is 3. The van der Waals surface area contributed by atoms with Gasteiger partial charge in [-0.25, -0.2) is 9.37 Å². The Morgan fingerprint density at radius 1 is 1.16 bits per heavy atom. The van der Waals surface area contributed by atoms with Gasteiger partial charge < -0.3 is 23.9 Å². The molecule has 9 nitrogen and oxygen atoms in total. The molecule has 10 heteroatoms. The molecule has 1 saturated carbocycles. The van der Waals surface area contributed by atoms with E-state index in [1.54, 1.807) is 6.07 Å². The molecule has 0 unspecified atom stereocenters. The predicted molar refractivity (Wildman–Crippen MR) is 132 cm³/mol. The van der Waals surface area contributed by atoms with Crippen LogP contribution in [0.3, 0.4) is 0 Å². The quantitative estimate of drug-likeness (QED) is 0.408. The number of benzene rings is 2. The number of hydrogen-bond donors (Lipinski definition) is 1. The first-order valence-electron chi connectivity index (χ1n) is 12.3. The Kier molecular flexibility index (Phi) is 4.94. The Bertz CT molecular complexity index is 1500. The second-order valence-electron chi connectivity index (χ2n) is 10.2. The Hall–Kier alpha value is -4.05. The normalized spacial score (nSPS) is 21.4. The number of amides is 1. The van der Waals surface area contributed by atoms with Crippen molar-refractivity contribution < 1.29 is 22.9 Å². The van der Waals surface area contributed by atoms with Gasteiger partial charge in [0, 0.05) is 35.6 Å². The van der Waals surface area contributed by atoms with Crippen molar-refractivity contribution in [2.45, 2.75) is 25.4 Å². The highest BCUT2D eigenvalue weighted by Crippen LogP contribution is 2.43. The van der Waals surface area contributed by atoms with Gasteiger partial charge in [-0.1, -0.05) is 23.4 Å². The predicted octanol–water partition coefficient (Wildman–Crippen LogP) is 4.61. The number of hydrogen-bond acceptors (Lipinski definition) is 8. The Morgan fingerprint density at radius 3 is 2.76 bits per heavy atom. The summed E-state index contributed by atoms with van der Waals surface area (Å²) in [5.74, 6) is 0.403. The number of halogens is 1. The first-order chi connectivity index (χ1) is 18.0.